The van der Waals surface area contributed by atoms with E-state index in [0.29, 0.717) is 6.07 Å². The highest BCUT2D eigenvalue weighted by Gasteiger charge is 2.17. The molecule has 0 heterocycles. The van der Waals surface area contributed by atoms with Gasteiger partial charge in [-0.3, -0.25) is 0 Å². The summed E-state index contributed by atoms with van der Waals surface area (Å²) < 4.78 is 13.0. The molecule has 0 spiro atoms. The van der Waals surface area contributed by atoms with E-state index in [2.05, 4.69) is 0 Å². The zero-order chi connectivity index (χ0) is 11.6. The second kappa shape index (κ2) is 4.24. The van der Waals surface area contributed by atoms with Gasteiger partial charge in [0.1, 0.15) is 11.6 Å². The average molecular weight is 214 g/mol. The van der Waals surface area contributed by atoms with Gasteiger partial charge in [0.25, 0.3) is 0 Å². The average Bonchev–Trinajstić information content (AvgIpc) is 2.16. The van der Waals surface area contributed by atoms with Crippen molar-refractivity contribution in [3.05, 3.63) is 29.1 Å². The minimum atomic E-state index is -1.42. The van der Waals surface area contributed by atoms with Crippen LogP contribution in [0.5, 0.6) is 5.75 Å². The molecule has 82 valence electrons. The SMILES string of the molecule is NC[C@H](N)c1cc(C(=O)O)c(F)cc1O. The highest BCUT2D eigenvalue weighted by molar-refractivity contribution is 5.88. The summed E-state index contributed by atoms with van der Waals surface area (Å²) in [5, 5.41) is 18.0. The van der Waals surface area contributed by atoms with E-state index < -0.39 is 29.1 Å². The molecule has 0 aromatic heterocycles. The Morgan fingerprint density at radius 3 is 2.60 bits per heavy atom. The summed E-state index contributed by atoms with van der Waals surface area (Å²) in [6, 6.07) is 0.988. The van der Waals surface area contributed by atoms with E-state index in [1.165, 1.54) is 0 Å². The number of phenolic OH excluding ortho intramolecular Hbond substituents is 1. The van der Waals surface area contributed by atoms with E-state index in [1.807, 2.05) is 0 Å². The molecule has 0 aliphatic carbocycles. The van der Waals surface area contributed by atoms with Gasteiger partial charge in [0.2, 0.25) is 0 Å². The van der Waals surface area contributed by atoms with Gasteiger partial charge in [0.15, 0.2) is 0 Å². The van der Waals surface area contributed by atoms with Gasteiger partial charge in [-0.15, -0.1) is 0 Å². The van der Waals surface area contributed by atoms with Crippen LogP contribution in [0, 0.1) is 5.82 Å². The third-order valence-corrected chi connectivity index (χ3v) is 2.00. The molecular formula is C9H11FN2O3. The predicted octanol–water partition coefficient (Wildman–Crippen LogP) is 0.188. The lowest BCUT2D eigenvalue weighted by atomic mass is 10.0. The van der Waals surface area contributed by atoms with Gasteiger partial charge in [0.05, 0.1) is 5.56 Å². The minimum Gasteiger partial charge on any atom is -0.508 e. The Morgan fingerprint density at radius 1 is 1.53 bits per heavy atom. The molecule has 15 heavy (non-hydrogen) atoms. The molecule has 5 nitrogen and oxygen atoms in total. The van der Waals surface area contributed by atoms with Crippen LogP contribution in [-0.2, 0) is 0 Å². The molecule has 1 aromatic rings. The molecule has 1 aromatic carbocycles. The van der Waals surface area contributed by atoms with Crippen LogP contribution in [0.2, 0.25) is 0 Å². The van der Waals surface area contributed by atoms with Crippen LogP contribution in [0.1, 0.15) is 22.0 Å². The first-order chi connectivity index (χ1) is 6.97. The third-order valence-electron chi connectivity index (χ3n) is 2.00. The quantitative estimate of drug-likeness (QED) is 0.574. The van der Waals surface area contributed by atoms with Gasteiger partial charge in [0, 0.05) is 24.2 Å². The van der Waals surface area contributed by atoms with Crippen LogP contribution in [0.3, 0.4) is 0 Å². The Labute approximate surface area is 85.1 Å². The fraction of sp³-hybridized carbons (Fsp3) is 0.222. The molecule has 1 rings (SSSR count). The van der Waals surface area contributed by atoms with Gasteiger partial charge in [-0.2, -0.15) is 0 Å². The molecule has 0 aliphatic heterocycles. The number of hydrogen-bond donors (Lipinski definition) is 4. The predicted molar refractivity (Wildman–Crippen MR) is 51.0 cm³/mol. The molecule has 6 heteroatoms. The van der Waals surface area contributed by atoms with Crippen molar-refractivity contribution in [1.29, 1.82) is 0 Å². The number of phenols is 1. The second-order valence-corrected chi connectivity index (χ2v) is 3.04. The number of rotatable bonds is 3. The van der Waals surface area contributed by atoms with Gasteiger partial charge >= 0.3 is 5.97 Å². The number of aromatic hydroxyl groups is 1. The maximum atomic E-state index is 13.0. The number of aromatic carboxylic acids is 1. The molecule has 1 atom stereocenters. The summed E-state index contributed by atoms with van der Waals surface area (Å²) in [5.41, 5.74) is 10.4. The molecule has 0 saturated heterocycles. The number of halogens is 1. The Hall–Kier alpha value is -1.66. The molecule has 6 N–H and O–H groups in total. The van der Waals surface area contributed by atoms with E-state index in [-0.39, 0.29) is 12.1 Å². The summed E-state index contributed by atoms with van der Waals surface area (Å²) in [4.78, 5) is 10.6. The highest BCUT2D eigenvalue weighted by Crippen LogP contribution is 2.25. The summed E-state index contributed by atoms with van der Waals surface area (Å²) in [6.07, 6.45) is 0. The minimum absolute atomic E-state index is 0.0260. The highest BCUT2D eigenvalue weighted by atomic mass is 19.1. The van der Waals surface area contributed by atoms with Gasteiger partial charge in [-0.05, 0) is 6.07 Å². The lowest BCUT2D eigenvalue weighted by Gasteiger charge is -2.12. The summed E-state index contributed by atoms with van der Waals surface area (Å²) >= 11 is 0. The monoisotopic (exact) mass is 214 g/mol. The second-order valence-electron chi connectivity index (χ2n) is 3.04. The van der Waals surface area contributed by atoms with E-state index >= 15 is 0 Å². The number of carbonyl (C=O) groups is 1. The van der Waals surface area contributed by atoms with Crippen LogP contribution in [0.4, 0.5) is 4.39 Å². The van der Waals surface area contributed by atoms with Crippen molar-refractivity contribution in [3.8, 4) is 5.75 Å². The van der Waals surface area contributed by atoms with Crippen LogP contribution < -0.4 is 11.5 Å². The van der Waals surface area contributed by atoms with Crippen LogP contribution in [-0.4, -0.2) is 22.7 Å². The first-order valence-corrected chi connectivity index (χ1v) is 4.18. The van der Waals surface area contributed by atoms with Gasteiger partial charge in [-0.1, -0.05) is 0 Å². The molecule has 0 aliphatic rings. The molecule has 0 bridgehead atoms. The summed E-state index contributed by atoms with van der Waals surface area (Å²) in [5.74, 6) is -2.82. The fourth-order valence-corrected chi connectivity index (χ4v) is 1.17. The van der Waals surface area contributed by atoms with E-state index in [1.54, 1.807) is 0 Å². The number of nitrogens with two attached hydrogens (primary N) is 2. The van der Waals surface area contributed by atoms with Crippen LogP contribution in [0.15, 0.2) is 12.1 Å². The van der Waals surface area contributed by atoms with Crippen molar-refractivity contribution >= 4 is 5.97 Å². The summed E-state index contributed by atoms with van der Waals surface area (Å²) in [6.45, 7) is 0.0260. The summed E-state index contributed by atoms with van der Waals surface area (Å²) in [7, 11) is 0. The number of benzene rings is 1. The maximum Gasteiger partial charge on any atom is 0.338 e. The smallest absolute Gasteiger partial charge is 0.338 e. The van der Waals surface area contributed by atoms with Gasteiger partial charge < -0.3 is 21.7 Å². The molecule has 0 radical (unpaired) electrons. The lowest BCUT2D eigenvalue weighted by molar-refractivity contribution is 0.0691. The van der Waals surface area contributed by atoms with Crippen molar-refractivity contribution in [1.82, 2.24) is 0 Å². The molecular weight excluding hydrogens is 203 g/mol. The van der Waals surface area contributed by atoms with Crippen LogP contribution in [0.25, 0.3) is 0 Å². The maximum absolute atomic E-state index is 13.0. The van der Waals surface area contributed by atoms with Crippen molar-refractivity contribution in [2.24, 2.45) is 11.5 Å². The van der Waals surface area contributed by atoms with E-state index in [9.17, 15) is 14.3 Å². The van der Waals surface area contributed by atoms with E-state index in [0.717, 1.165) is 6.07 Å². The lowest BCUT2D eigenvalue weighted by Crippen LogP contribution is -2.21. The topological polar surface area (TPSA) is 110 Å². The standard InChI is InChI=1S/C9H11FN2O3/c10-6-2-8(13)5(7(12)3-11)1-4(6)9(14)15/h1-2,7,13H,3,11-12H2,(H,14,15)/t7-/m0/s1. The first kappa shape index (κ1) is 11.4. The number of carboxylic acids is 1. The fourth-order valence-electron chi connectivity index (χ4n) is 1.17. The molecule has 0 unspecified atom stereocenters. The molecule has 0 fully saturated rings. The number of hydrogen-bond acceptors (Lipinski definition) is 4. The Kier molecular flexibility index (Phi) is 3.23. The van der Waals surface area contributed by atoms with E-state index in [4.69, 9.17) is 16.6 Å². The molecule has 0 amide bonds. The van der Waals surface area contributed by atoms with Crippen molar-refractivity contribution < 1.29 is 19.4 Å². The Bertz CT molecular complexity index is 395. The van der Waals surface area contributed by atoms with Crippen molar-refractivity contribution in [2.45, 2.75) is 6.04 Å². The molecule has 0 saturated carbocycles. The normalized spacial score (nSPS) is 12.5. The zero-order valence-electron chi connectivity index (χ0n) is 7.77. The van der Waals surface area contributed by atoms with Crippen LogP contribution >= 0.6 is 0 Å². The third kappa shape index (κ3) is 2.23. The zero-order valence-corrected chi connectivity index (χ0v) is 7.77. The Balaban J connectivity index is 3.29. The first-order valence-electron chi connectivity index (χ1n) is 4.18. The van der Waals surface area contributed by atoms with Crippen molar-refractivity contribution in [3.63, 3.8) is 0 Å². The van der Waals surface area contributed by atoms with Crippen molar-refractivity contribution in [2.75, 3.05) is 6.54 Å². The number of carboxylic acid groups (broad SMARTS) is 1. The van der Waals surface area contributed by atoms with Gasteiger partial charge in [-0.25, -0.2) is 9.18 Å². The Morgan fingerprint density at radius 2 is 2.13 bits per heavy atom. The largest absolute Gasteiger partial charge is 0.508 e.